The van der Waals surface area contributed by atoms with E-state index >= 15 is 0 Å². The smallest absolute Gasteiger partial charge is 0.410 e. The van der Waals surface area contributed by atoms with E-state index in [1.807, 2.05) is 27.7 Å². The molecule has 0 aliphatic heterocycles. The molecule has 0 aromatic carbocycles. The summed E-state index contributed by atoms with van der Waals surface area (Å²) in [6.07, 6.45) is -0.356. The fraction of sp³-hybridized carbons (Fsp3) is 0.800. The molecule has 0 spiro atoms. The zero-order valence-electron chi connectivity index (χ0n) is 10.0. The molecule has 0 rings (SSSR count). The molecule has 5 heteroatoms. The summed E-state index contributed by atoms with van der Waals surface area (Å²) in [5.41, 5.74) is 4.99. The number of thiocarbonyl (C=S) groups is 1. The Morgan fingerprint density at radius 3 is 2.33 bits per heavy atom. The Hall–Kier alpha value is -0.840. The molecule has 0 aromatic heterocycles. The van der Waals surface area contributed by atoms with Crippen molar-refractivity contribution >= 4 is 23.3 Å². The second-order valence-electron chi connectivity index (χ2n) is 4.66. The molecule has 1 amide bonds. The SMILES string of the molecule is CC(CN(C)C(=O)OC(C)(C)C)C(N)=S. The molecule has 0 heterocycles. The van der Waals surface area contributed by atoms with Gasteiger partial charge in [0.25, 0.3) is 0 Å². The summed E-state index contributed by atoms with van der Waals surface area (Å²) in [6.45, 7) is 7.84. The summed E-state index contributed by atoms with van der Waals surface area (Å²) < 4.78 is 5.18. The fourth-order valence-corrected chi connectivity index (χ4v) is 0.990. The molecule has 0 fully saturated rings. The Bertz CT molecular complexity index is 248. The number of hydrogen-bond donors (Lipinski definition) is 1. The van der Waals surface area contributed by atoms with Crippen molar-refractivity contribution in [2.75, 3.05) is 13.6 Å². The number of rotatable bonds is 3. The zero-order chi connectivity index (χ0) is 12.2. The molecule has 88 valence electrons. The minimum Gasteiger partial charge on any atom is -0.444 e. The van der Waals surface area contributed by atoms with Gasteiger partial charge in [-0.05, 0) is 20.8 Å². The van der Waals surface area contributed by atoms with Gasteiger partial charge < -0.3 is 15.4 Å². The third kappa shape index (κ3) is 6.28. The molecule has 4 nitrogen and oxygen atoms in total. The van der Waals surface area contributed by atoms with Crippen LogP contribution in [0.3, 0.4) is 0 Å². The zero-order valence-corrected chi connectivity index (χ0v) is 10.9. The highest BCUT2D eigenvalue weighted by atomic mass is 32.1. The average Bonchev–Trinajstić information content (AvgIpc) is 2.00. The number of nitrogens with two attached hydrogens (primary N) is 1. The molecule has 0 saturated heterocycles. The van der Waals surface area contributed by atoms with Crippen molar-refractivity contribution in [3.8, 4) is 0 Å². The van der Waals surface area contributed by atoms with Crippen LogP contribution in [-0.4, -0.2) is 35.2 Å². The Balaban J connectivity index is 4.17. The first-order chi connectivity index (χ1) is 6.63. The monoisotopic (exact) mass is 232 g/mol. The first-order valence-electron chi connectivity index (χ1n) is 4.87. The van der Waals surface area contributed by atoms with Crippen LogP contribution >= 0.6 is 12.2 Å². The van der Waals surface area contributed by atoms with Crippen molar-refractivity contribution in [2.45, 2.75) is 33.3 Å². The Morgan fingerprint density at radius 2 is 2.00 bits per heavy atom. The van der Waals surface area contributed by atoms with E-state index in [0.29, 0.717) is 11.5 Å². The summed E-state index contributed by atoms with van der Waals surface area (Å²) in [4.78, 5) is 13.4. The second kappa shape index (κ2) is 5.30. The lowest BCUT2D eigenvalue weighted by Gasteiger charge is -2.26. The normalized spacial score (nSPS) is 13.1. The topological polar surface area (TPSA) is 55.6 Å². The Morgan fingerprint density at radius 1 is 1.53 bits per heavy atom. The lowest BCUT2D eigenvalue weighted by molar-refractivity contribution is 0.0289. The van der Waals surface area contributed by atoms with Crippen LogP contribution in [0.15, 0.2) is 0 Å². The predicted molar refractivity (Wildman–Crippen MR) is 64.8 cm³/mol. The van der Waals surface area contributed by atoms with Crippen LogP contribution in [-0.2, 0) is 4.74 Å². The van der Waals surface area contributed by atoms with Crippen molar-refractivity contribution in [1.82, 2.24) is 4.90 Å². The molecule has 15 heavy (non-hydrogen) atoms. The summed E-state index contributed by atoms with van der Waals surface area (Å²) in [7, 11) is 1.67. The summed E-state index contributed by atoms with van der Waals surface area (Å²) in [5, 5.41) is 0. The summed E-state index contributed by atoms with van der Waals surface area (Å²) >= 11 is 4.83. The van der Waals surface area contributed by atoms with Gasteiger partial charge in [0.1, 0.15) is 5.60 Å². The van der Waals surface area contributed by atoms with Crippen molar-refractivity contribution in [2.24, 2.45) is 11.7 Å². The van der Waals surface area contributed by atoms with Crippen LogP contribution < -0.4 is 5.73 Å². The van der Waals surface area contributed by atoms with Crippen molar-refractivity contribution in [3.05, 3.63) is 0 Å². The van der Waals surface area contributed by atoms with E-state index in [0.717, 1.165) is 0 Å². The molecular weight excluding hydrogens is 212 g/mol. The van der Waals surface area contributed by atoms with E-state index in [-0.39, 0.29) is 12.0 Å². The molecular formula is C10H20N2O2S. The Labute approximate surface area is 96.8 Å². The average molecular weight is 232 g/mol. The van der Waals surface area contributed by atoms with Gasteiger partial charge in [0.05, 0.1) is 4.99 Å². The summed E-state index contributed by atoms with van der Waals surface area (Å²) in [5.74, 6) is -0.00230. The van der Waals surface area contributed by atoms with Gasteiger partial charge in [0.2, 0.25) is 0 Å². The number of hydrogen-bond acceptors (Lipinski definition) is 3. The number of carbonyl (C=O) groups is 1. The van der Waals surface area contributed by atoms with Crippen molar-refractivity contribution in [1.29, 1.82) is 0 Å². The lowest BCUT2D eigenvalue weighted by atomic mass is 10.2. The van der Waals surface area contributed by atoms with Gasteiger partial charge in [-0.25, -0.2) is 4.79 Å². The maximum atomic E-state index is 11.5. The van der Waals surface area contributed by atoms with Crippen molar-refractivity contribution < 1.29 is 9.53 Å². The van der Waals surface area contributed by atoms with Crippen LogP contribution in [0, 0.1) is 5.92 Å². The minimum absolute atomic E-state index is 0.00230. The van der Waals surface area contributed by atoms with E-state index in [1.54, 1.807) is 7.05 Å². The van der Waals surface area contributed by atoms with E-state index < -0.39 is 5.60 Å². The van der Waals surface area contributed by atoms with Gasteiger partial charge in [-0.3, -0.25) is 0 Å². The highest BCUT2D eigenvalue weighted by Crippen LogP contribution is 2.10. The number of ether oxygens (including phenoxy) is 1. The van der Waals surface area contributed by atoms with Gasteiger partial charge in [-0.15, -0.1) is 0 Å². The molecule has 0 radical (unpaired) electrons. The van der Waals surface area contributed by atoms with E-state index in [9.17, 15) is 4.79 Å². The van der Waals surface area contributed by atoms with E-state index in [4.69, 9.17) is 22.7 Å². The quantitative estimate of drug-likeness (QED) is 0.754. The molecule has 0 bridgehead atoms. The van der Waals surface area contributed by atoms with Gasteiger partial charge >= 0.3 is 6.09 Å². The van der Waals surface area contributed by atoms with Crippen LogP contribution in [0.2, 0.25) is 0 Å². The number of amides is 1. The number of nitrogens with zero attached hydrogens (tertiary/aromatic N) is 1. The van der Waals surface area contributed by atoms with E-state index in [1.165, 1.54) is 4.90 Å². The minimum atomic E-state index is -0.474. The lowest BCUT2D eigenvalue weighted by Crippen LogP contribution is -2.38. The molecule has 0 saturated carbocycles. The van der Waals surface area contributed by atoms with Crippen LogP contribution in [0.5, 0.6) is 0 Å². The van der Waals surface area contributed by atoms with Crippen molar-refractivity contribution in [3.63, 3.8) is 0 Å². The van der Waals surface area contributed by atoms with Gasteiger partial charge in [-0.2, -0.15) is 0 Å². The highest BCUT2D eigenvalue weighted by molar-refractivity contribution is 7.80. The second-order valence-corrected chi connectivity index (χ2v) is 5.14. The highest BCUT2D eigenvalue weighted by Gasteiger charge is 2.21. The standard InChI is InChI=1S/C10H20N2O2S/c1-7(8(11)15)6-12(5)9(13)14-10(2,3)4/h7H,6H2,1-5H3,(H2,11,15). The van der Waals surface area contributed by atoms with Crippen LogP contribution in [0.1, 0.15) is 27.7 Å². The third-order valence-electron chi connectivity index (χ3n) is 1.74. The molecule has 0 aliphatic carbocycles. The molecule has 0 aliphatic rings. The van der Waals surface area contributed by atoms with Gasteiger partial charge in [-0.1, -0.05) is 19.1 Å². The summed E-state index contributed by atoms with van der Waals surface area (Å²) in [6, 6.07) is 0. The molecule has 1 atom stereocenters. The molecule has 1 unspecified atom stereocenters. The maximum Gasteiger partial charge on any atom is 0.410 e. The third-order valence-corrected chi connectivity index (χ3v) is 2.14. The predicted octanol–water partition coefficient (Wildman–Crippen LogP) is 1.78. The van der Waals surface area contributed by atoms with Gasteiger partial charge in [0, 0.05) is 19.5 Å². The molecule has 2 N–H and O–H groups in total. The van der Waals surface area contributed by atoms with Crippen LogP contribution in [0.25, 0.3) is 0 Å². The molecule has 0 aromatic rings. The number of carbonyl (C=O) groups excluding carboxylic acids is 1. The fourth-order valence-electron chi connectivity index (χ4n) is 0.915. The Kier molecular flexibility index (Phi) is 5.00. The largest absolute Gasteiger partial charge is 0.444 e. The van der Waals surface area contributed by atoms with Crippen LogP contribution in [0.4, 0.5) is 4.79 Å². The van der Waals surface area contributed by atoms with Gasteiger partial charge in [0.15, 0.2) is 0 Å². The maximum absolute atomic E-state index is 11.5. The van der Waals surface area contributed by atoms with E-state index in [2.05, 4.69) is 0 Å². The first-order valence-corrected chi connectivity index (χ1v) is 5.27. The first kappa shape index (κ1) is 14.2.